The number of hydrogen-bond acceptors (Lipinski definition) is 5. The summed E-state index contributed by atoms with van der Waals surface area (Å²) in [6.07, 6.45) is 3.96. The van der Waals surface area contributed by atoms with Crippen LogP contribution in [0.5, 0.6) is 5.75 Å². The molecule has 5 heteroatoms. The van der Waals surface area contributed by atoms with Gasteiger partial charge in [-0.1, -0.05) is 26.7 Å². The zero-order valence-corrected chi connectivity index (χ0v) is 13.4. The molecule has 0 spiro atoms. The van der Waals surface area contributed by atoms with E-state index in [-0.39, 0.29) is 0 Å². The highest BCUT2D eigenvalue weighted by Gasteiger charge is 2.19. The van der Waals surface area contributed by atoms with Crippen molar-refractivity contribution in [2.45, 2.75) is 40.5 Å². The maximum Gasteiger partial charge on any atom is 0.204 e. The van der Waals surface area contributed by atoms with E-state index in [4.69, 9.17) is 4.74 Å². The third kappa shape index (κ3) is 3.99. The molecule has 0 aliphatic carbocycles. The normalized spacial score (nSPS) is 10.7. The first-order valence-electron chi connectivity index (χ1n) is 7.59. The topological polar surface area (TPSA) is 50.3 Å². The van der Waals surface area contributed by atoms with Crippen LogP contribution < -0.4 is 15.0 Å². The lowest BCUT2D eigenvalue weighted by Gasteiger charge is -2.28. The van der Waals surface area contributed by atoms with Gasteiger partial charge in [0.2, 0.25) is 5.75 Å². The second-order valence-electron chi connectivity index (χ2n) is 4.83. The Balaban J connectivity index is 3.04. The van der Waals surface area contributed by atoms with Gasteiger partial charge in [0.25, 0.3) is 0 Å². The zero-order chi connectivity index (χ0) is 15.0. The van der Waals surface area contributed by atoms with E-state index in [9.17, 15) is 0 Å². The zero-order valence-electron chi connectivity index (χ0n) is 13.4. The van der Waals surface area contributed by atoms with Crippen molar-refractivity contribution in [3.05, 3.63) is 6.33 Å². The number of ether oxygens (including phenoxy) is 1. The fourth-order valence-electron chi connectivity index (χ4n) is 2.29. The van der Waals surface area contributed by atoms with Gasteiger partial charge in [-0.3, -0.25) is 0 Å². The van der Waals surface area contributed by atoms with E-state index in [1.807, 2.05) is 6.92 Å². The average molecular weight is 280 g/mol. The lowest BCUT2D eigenvalue weighted by molar-refractivity contribution is 0.409. The predicted molar refractivity (Wildman–Crippen MR) is 84.7 cm³/mol. The number of methoxy groups -OCH3 is 1. The van der Waals surface area contributed by atoms with Gasteiger partial charge in [-0.05, 0) is 19.8 Å². The molecule has 0 amide bonds. The Morgan fingerprint density at radius 3 is 2.40 bits per heavy atom. The Morgan fingerprint density at radius 1 is 1.20 bits per heavy atom. The van der Waals surface area contributed by atoms with E-state index in [0.29, 0.717) is 5.92 Å². The van der Waals surface area contributed by atoms with Crippen molar-refractivity contribution in [3.63, 3.8) is 0 Å². The fourth-order valence-corrected chi connectivity index (χ4v) is 2.29. The van der Waals surface area contributed by atoms with Gasteiger partial charge >= 0.3 is 0 Å². The Hall–Kier alpha value is -1.52. The molecule has 5 nitrogen and oxygen atoms in total. The second-order valence-corrected chi connectivity index (χ2v) is 4.83. The van der Waals surface area contributed by atoms with Crippen molar-refractivity contribution in [1.29, 1.82) is 0 Å². The van der Waals surface area contributed by atoms with Crippen LogP contribution in [0.1, 0.15) is 40.5 Å². The Bertz CT molecular complexity index is 393. The molecule has 1 aromatic rings. The first-order valence-corrected chi connectivity index (χ1v) is 7.59. The van der Waals surface area contributed by atoms with Gasteiger partial charge in [0.05, 0.1) is 7.11 Å². The minimum absolute atomic E-state index is 0.678. The highest BCUT2D eigenvalue weighted by Crippen LogP contribution is 2.32. The number of anilines is 2. The summed E-state index contributed by atoms with van der Waals surface area (Å²) in [4.78, 5) is 11.0. The quantitative estimate of drug-likeness (QED) is 0.753. The van der Waals surface area contributed by atoms with Crippen LogP contribution in [0.25, 0.3) is 0 Å². The summed E-state index contributed by atoms with van der Waals surface area (Å²) in [6, 6.07) is 0. The van der Waals surface area contributed by atoms with Crippen molar-refractivity contribution >= 4 is 11.6 Å². The standard InChI is InChI=1S/C15H28N4O/c1-6-12(7-2)10-19(9-4)15-13(20-5)14(16-8-3)17-11-18-15/h11-12H,6-10H2,1-5H3,(H,16,17,18). The van der Waals surface area contributed by atoms with Crippen molar-refractivity contribution in [3.8, 4) is 5.75 Å². The third-order valence-electron chi connectivity index (χ3n) is 3.65. The summed E-state index contributed by atoms with van der Waals surface area (Å²) in [5, 5.41) is 3.22. The van der Waals surface area contributed by atoms with Gasteiger partial charge in [0.1, 0.15) is 6.33 Å². The van der Waals surface area contributed by atoms with Gasteiger partial charge in [-0.25, -0.2) is 9.97 Å². The highest BCUT2D eigenvalue weighted by molar-refractivity contribution is 5.64. The van der Waals surface area contributed by atoms with Crippen molar-refractivity contribution < 1.29 is 4.74 Å². The SMILES string of the molecule is CCNc1ncnc(N(CC)CC(CC)CC)c1OC. The third-order valence-corrected chi connectivity index (χ3v) is 3.65. The summed E-state index contributed by atoms with van der Waals surface area (Å²) < 4.78 is 5.53. The van der Waals surface area contributed by atoms with E-state index in [0.717, 1.165) is 37.0 Å². The fraction of sp³-hybridized carbons (Fsp3) is 0.733. The molecular weight excluding hydrogens is 252 g/mol. The molecule has 0 aromatic carbocycles. The molecule has 1 rings (SSSR count). The summed E-state index contributed by atoms with van der Waals surface area (Å²) in [5.41, 5.74) is 0. The number of aromatic nitrogens is 2. The van der Waals surface area contributed by atoms with Gasteiger partial charge in [-0.2, -0.15) is 0 Å². The van der Waals surface area contributed by atoms with Gasteiger partial charge in [0, 0.05) is 19.6 Å². The molecule has 0 atom stereocenters. The number of nitrogens with zero attached hydrogens (tertiary/aromatic N) is 3. The molecule has 0 radical (unpaired) electrons. The minimum Gasteiger partial charge on any atom is -0.490 e. The van der Waals surface area contributed by atoms with E-state index in [1.54, 1.807) is 13.4 Å². The van der Waals surface area contributed by atoms with Crippen LogP contribution >= 0.6 is 0 Å². The molecule has 0 unspecified atom stereocenters. The molecule has 1 aromatic heterocycles. The lowest BCUT2D eigenvalue weighted by atomic mass is 10.0. The maximum absolute atomic E-state index is 5.53. The molecule has 0 saturated heterocycles. The smallest absolute Gasteiger partial charge is 0.204 e. The predicted octanol–water partition coefficient (Wildman–Crippen LogP) is 3.18. The largest absolute Gasteiger partial charge is 0.490 e. The average Bonchev–Trinajstić information content (AvgIpc) is 2.49. The van der Waals surface area contributed by atoms with Gasteiger partial charge in [0.15, 0.2) is 11.6 Å². The molecule has 0 saturated carbocycles. The van der Waals surface area contributed by atoms with Crippen LogP contribution in [-0.4, -0.2) is 36.7 Å². The molecule has 0 bridgehead atoms. The van der Waals surface area contributed by atoms with Crippen LogP contribution in [0, 0.1) is 5.92 Å². The van der Waals surface area contributed by atoms with Crippen LogP contribution in [-0.2, 0) is 0 Å². The van der Waals surface area contributed by atoms with E-state index < -0.39 is 0 Å². The molecule has 0 aliphatic rings. The molecule has 0 fully saturated rings. The summed E-state index contributed by atoms with van der Waals surface area (Å²) in [5.74, 6) is 3.07. The Kier molecular flexibility index (Phi) is 7.12. The number of nitrogens with one attached hydrogen (secondary N) is 1. The van der Waals surface area contributed by atoms with Crippen LogP contribution in [0.3, 0.4) is 0 Å². The van der Waals surface area contributed by atoms with Crippen LogP contribution in [0.4, 0.5) is 11.6 Å². The van der Waals surface area contributed by atoms with Crippen molar-refractivity contribution in [2.75, 3.05) is 37.0 Å². The summed E-state index contributed by atoms with van der Waals surface area (Å²) in [7, 11) is 1.67. The monoisotopic (exact) mass is 280 g/mol. The van der Waals surface area contributed by atoms with Gasteiger partial charge < -0.3 is 15.0 Å². The number of hydrogen-bond donors (Lipinski definition) is 1. The molecule has 1 N–H and O–H groups in total. The lowest BCUT2D eigenvalue weighted by Crippen LogP contribution is -2.30. The van der Waals surface area contributed by atoms with Gasteiger partial charge in [-0.15, -0.1) is 0 Å². The van der Waals surface area contributed by atoms with E-state index in [1.165, 1.54) is 12.8 Å². The molecular formula is C15H28N4O. The molecule has 20 heavy (non-hydrogen) atoms. The number of rotatable bonds is 9. The van der Waals surface area contributed by atoms with Crippen LogP contribution in [0.2, 0.25) is 0 Å². The second kappa shape index (κ2) is 8.61. The summed E-state index contributed by atoms with van der Waals surface area (Å²) in [6.45, 7) is 11.4. The first kappa shape index (κ1) is 16.5. The van der Waals surface area contributed by atoms with E-state index in [2.05, 4.69) is 41.0 Å². The Labute approximate surface area is 122 Å². The minimum atomic E-state index is 0.678. The van der Waals surface area contributed by atoms with E-state index >= 15 is 0 Å². The maximum atomic E-state index is 5.53. The van der Waals surface area contributed by atoms with Crippen molar-refractivity contribution in [1.82, 2.24) is 9.97 Å². The van der Waals surface area contributed by atoms with Crippen molar-refractivity contribution in [2.24, 2.45) is 5.92 Å². The molecule has 1 heterocycles. The Morgan fingerprint density at radius 2 is 1.90 bits per heavy atom. The molecule has 0 aliphatic heterocycles. The molecule has 114 valence electrons. The highest BCUT2D eigenvalue weighted by atomic mass is 16.5. The van der Waals surface area contributed by atoms with Crippen LogP contribution in [0.15, 0.2) is 6.33 Å². The first-order chi connectivity index (χ1) is 9.71. The summed E-state index contributed by atoms with van der Waals surface area (Å²) >= 11 is 0.